The highest BCUT2D eigenvalue weighted by Gasteiger charge is 2.38. The van der Waals surface area contributed by atoms with Gasteiger partial charge in [-0.1, -0.05) is 24.3 Å². The van der Waals surface area contributed by atoms with E-state index in [1.54, 1.807) is 41.7 Å². The molecule has 0 saturated carbocycles. The number of hydrogen-bond donors (Lipinski definition) is 0. The van der Waals surface area contributed by atoms with Crippen LogP contribution in [0.5, 0.6) is 0 Å². The topological polar surface area (TPSA) is 75.6 Å². The molecule has 0 N–H and O–H groups in total. The number of anilines is 1. The molecule has 0 radical (unpaired) electrons. The summed E-state index contributed by atoms with van der Waals surface area (Å²) in [5, 5.41) is 6.56. The number of carbonyl (C=O) groups is 1. The van der Waals surface area contributed by atoms with Crippen LogP contribution in [0, 0.1) is 0 Å². The minimum absolute atomic E-state index is 0.0819. The first-order valence-corrected chi connectivity index (χ1v) is 11.6. The first-order valence-electron chi connectivity index (χ1n) is 11.6. The predicted octanol–water partition coefficient (Wildman–Crippen LogP) is 6.63. The molecule has 1 aliphatic heterocycles. The van der Waals surface area contributed by atoms with Gasteiger partial charge in [0.05, 0.1) is 19.1 Å². The second-order valence-corrected chi connectivity index (χ2v) is 8.58. The fourth-order valence-corrected chi connectivity index (χ4v) is 4.18. The number of benzene rings is 2. The highest BCUT2D eigenvalue weighted by Crippen LogP contribution is 2.31. The van der Waals surface area contributed by atoms with Gasteiger partial charge in [0.2, 0.25) is 5.89 Å². The number of piperidine rings is 1. The molecular formula is C26H23F3N4O3. The molecule has 5 rings (SSSR count). The number of rotatable bonds is 5. The Morgan fingerprint density at radius 2 is 1.58 bits per heavy atom. The van der Waals surface area contributed by atoms with Crippen molar-refractivity contribution in [2.24, 2.45) is 0 Å². The number of amides is 2. The van der Waals surface area contributed by atoms with Crippen LogP contribution >= 0.6 is 0 Å². The number of carbonyl (C=O) groups excluding carboxylic acids is 1. The molecule has 36 heavy (non-hydrogen) atoms. The van der Waals surface area contributed by atoms with Crippen molar-refractivity contribution in [3.63, 3.8) is 0 Å². The Kier molecular flexibility index (Phi) is 6.49. The molecule has 1 saturated heterocycles. The molecular weight excluding hydrogens is 473 g/mol. The summed E-state index contributed by atoms with van der Waals surface area (Å²) in [7, 11) is 0. The number of nitrogens with zero attached hydrogens (tertiary/aromatic N) is 4. The van der Waals surface area contributed by atoms with E-state index < -0.39 is 12.1 Å². The SMILES string of the molecule is O=C(N1CCCCC1)N(Cc1ccc(-c2nnc(C(F)(F)F)o2)cc1)c1ccc(-c2ccoc2)cc1. The van der Waals surface area contributed by atoms with E-state index in [0.29, 0.717) is 18.7 Å². The van der Waals surface area contributed by atoms with Gasteiger partial charge in [0.1, 0.15) is 0 Å². The third-order valence-electron chi connectivity index (χ3n) is 6.10. The summed E-state index contributed by atoms with van der Waals surface area (Å²) in [4.78, 5) is 17.1. The van der Waals surface area contributed by atoms with E-state index >= 15 is 0 Å². The number of halogens is 3. The lowest BCUT2D eigenvalue weighted by atomic mass is 10.1. The Morgan fingerprint density at radius 1 is 0.889 bits per heavy atom. The summed E-state index contributed by atoms with van der Waals surface area (Å²) in [6.45, 7) is 1.71. The van der Waals surface area contributed by atoms with Crippen LogP contribution in [-0.2, 0) is 12.7 Å². The monoisotopic (exact) mass is 496 g/mol. The third kappa shape index (κ3) is 5.12. The van der Waals surface area contributed by atoms with Gasteiger partial charge in [-0.3, -0.25) is 4.90 Å². The molecule has 1 fully saturated rings. The molecule has 186 valence electrons. The van der Waals surface area contributed by atoms with Crippen LogP contribution in [-0.4, -0.2) is 34.2 Å². The van der Waals surface area contributed by atoms with Crippen LogP contribution in [0.2, 0.25) is 0 Å². The van der Waals surface area contributed by atoms with E-state index in [-0.39, 0.29) is 18.5 Å². The van der Waals surface area contributed by atoms with Crippen molar-refractivity contribution in [2.45, 2.75) is 32.0 Å². The zero-order valence-corrected chi connectivity index (χ0v) is 19.2. The summed E-state index contributed by atoms with van der Waals surface area (Å²) in [5.41, 5.74) is 3.83. The van der Waals surface area contributed by atoms with Gasteiger partial charge in [0.15, 0.2) is 0 Å². The highest BCUT2D eigenvalue weighted by atomic mass is 19.4. The van der Waals surface area contributed by atoms with Crippen molar-refractivity contribution < 1.29 is 26.8 Å². The second kappa shape index (κ2) is 9.88. The Bertz CT molecular complexity index is 1290. The largest absolute Gasteiger partial charge is 0.472 e. The van der Waals surface area contributed by atoms with E-state index in [2.05, 4.69) is 10.2 Å². The Labute approximate surface area is 205 Å². The van der Waals surface area contributed by atoms with Crippen LogP contribution in [0.25, 0.3) is 22.6 Å². The average Bonchev–Trinajstić information content (AvgIpc) is 3.61. The van der Waals surface area contributed by atoms with Crippen LogP contribution in [0.4, 0.5) is 23.7 Å². The Balaban J connectivity index is 1.38. The van der Waals surface area contributed by atoms with Crippen LogP contribution in [0.3, 0.4) is 0 Å². The Morgan fingerprint density at radius 3 is 2.19 bits per heavy atom. The molecule has 2 aromatic heterocycles. The van der Waals surface area contributed by atoms with Gasteiger partial charge in [-0.25, -0.2) is 4.79 Å². The molecule has 4 aromatic rings. The first kappa shape index (κ1) is 23.7. The lowest BCUT2D eigenvalue weighted by Gasteiger charge is -2.33. The lowest BCUT2D eigenvalue weighted by Crippen LogP contribution is -2.45. The lowest BCUT2D eigenvalue weighted by molar-refractivity contribution is -0.156. The van der Waals surface area contributed by atoms with E-state index in [9.17, 15) is 18.0 Å². The number of hydrogen-bond acceptors (Lipinski definition) is 5. The van der Waals surface area contributed by atoms with E-state index in [0.717, 1.165) is 41.6 Å². The number of furan rings is 1. The van der Waals surface area contributed by atoms with E-state index in [1.165, 1.54) is 0 Å². The second-order valence-electron chi connectivity index (χ2n) is 8.58. The first-order chi connectivity index (χ1) is 17.4. The molecule has 0 bridgehead atoms. The average molecular weight is 496 g/mol. The molecule has 2 amide bonds. The summed E-state index contributed by atoms with van der Waals surface area (Å²) < 4.78 is 48.3. The smallest absolute Gasteiger partial charge is 0.470 e. The molecule has 10 heteroatoms. The number of urea groups is 1. The van der Waals surface area contributed by atoms with Gasteiger partial charge in [-0.15, -0.1) is 10.2 Å². The number of alkyl halides is 3. The van der Waals surface area contributed by atoms with Crippen LogP contribution < -0.4 is 4.90 Å². The fraction of sp³-hybridized carbons (Fsp3) is 0.269. The van der Waals surface area contributed by atoms with Gasteiger partial charge < -0.3 is 13.7 Å². The molecule has 3 heterocycles. The Hall–Kier alpha value is -4.08. The van der Waals surface area contributed by atoms with Crippen LogP contribution in [0.15, 0.2) is 76.0 Å². The van der Waals surface area contributed by atoms with E-state index in [4.69, 9.17) is 8.83 Å². The maximum atomic E-state index is 13.5. The van der Waals surface area contributed by atoms with Crippen molar-refractivity contribution in [1.82, 2.24) is 15.1 Å². The molecule has 0 spiro atoms. The zero-order valence-electron chi connectivity index (χ0n) is 19.2. The molecule has 0 aliphatic carbocycles. The summed E-state index contributed by atoms with van der Waals surface area (Å²) in [6.07, 6.45) is 1.62. The van der Waals surface area contributed by atoms with Gasteiger partial charge in [-0.2, -0.15) is 13.2 Å². The van der Waals surface area contributed by atoms with Crippen molar-refractivity contribution in [3.05, 3.63) is 78.6 Å². The van der Waals surface area contributed by atoms with Gasteiger partial charge in [0.25, 0.3) is 0 Å². The number of aromatic nitrogens is 2. The normalized spacial score (nSPS) is 14.1. The van der Waals surface area contributed by atoms with Crippen molar-refractivity contribution in [2.75, 3.05) is 18.0 Å². The number of likely N-dealkylation sites (tertiary alicyclic amines) is 1. The maximum absolute atomic E-state index is 13.5. The molecule has 0 atom stereocenters. The van der Waals surface area contributed by atoms with Crippen molar-refractivity contribution in [1.29, 1.82) is 0 Å². The third-order valence-corrected chi connectivity index (χ3v) is 6.10. The summed E-state index contributed by atoms with van der Waals surface area (Å²) >= 11 is 0. The minimum atomic E-state index is -4.70. The van der Waals surface area contributed by atoms with E-state index in [1.807, 2.05) is 35.2 Å². The van der Waals surface area contributed by atoms with Gasteiger partial charge in [0, 0.05) is 29.9 Å². The molecule has 1 aliphatic rings. The highest BCUT2D eigenvalue weighted by molar-refractivity contribution is 5.92. The summed E-state index contributed by atoms with van der Waals surface area (Å²) in [6, 6.07) is 16.2. The van der Waals surface area contributed by atoms with Gasteiger partial charge >= 0.3 is 18.1 Å². The zero-order chi connectivity index (χ0) is 25.1. The van der Waals surface area contributed by atoms with Crippen molar-refractivity contribution in [3.8, 4) is 22.6 Å². The quantitative estimate of drug-likeness (QED) is 0.310. The van der Waals surface area contributed by atoms with Crippen molar-refractivity contribution >= 4 is 11.7 Å². The molecule has 0 unspecified atom stereocenters. The van der Waals surface area contributed by atoms with Crippen LogP contribution in [0.1, 0.15) is 30.7 Å². The fourth-order valence-electron chi connectivity index (χ4n) is 4.18. The molecule has 2 aromatic carbocycles. The van der Waals surface area contributed by atoms with Gasteiger partial charge in [-0.05, 0) is 60.7 Å². The molecule has 7 nitrogen and oxygen atoms in total. The minimum Gasteiger partial charge on any atom is -0.472 e. The summed E-state index contributed by atoms with van der Waals surface area (Å²) in [5.74, 6) is -1.61. The standard InChI is InChI=1S/C26H23F3N4O3/c27-26(28,29)24-31-30-23(36-24)20-6-4-18(5-7-20)16-33(25(34)32-13-2-1-3-14-32)22-10-8-19(9-11-22)21-12-15-35-17-21/h4-12,15,17H,1-3,13-14,16H2. The maximum Gasteiger partial charge on any atom is 0.470 e. The predicted molar refractivity (Wildman–Crippen MR) is 126 cm³/mol.